The molecule has 0 aliphatic rings. The van der Waals surface area contributed by atoms with Crippen LogP contribution in [0.3, 0.4) is 0 Å². The monoisotopic (exact) mass is 420 g/mol. The van der Waals surface area contributed by atoms with Gasteiger partial charge in [0.25, 0.3) is 0 Å². The summed E-state index contributed by atoms with van der Waals surface area (Å²) in [6.07, 6.45) is 0. The van der Waals surface area contributed by atoms with Gasteiger partial charge in [0.15, 0.2) is 17.4 Å². The molecule has 0 fully saturated rings. The number of phenols is 1. The summed E-state index contributed by atoms with van der Waals surface area (Å²) >= 11 is 0. The molecule has 0 saturated heterocycles. The van der Waals surface area contributed by atoms with E-state index in [0.717, 1.165) is 21.8 Å². The van der Waals surface area contributed by atoms with Crippen LogP contribution in [0.25, 0.3) is 21.8 Å². The Balaban J connectivity index is 0.000000207. The molecule has 2 heterocycles. The molecule has 5 rings (SSSR count). The van der Waals surface area contributed by atoms with Crippen LogP contribution in [0, 0.1) is 0 Å². The number of carbonyl (C=O) groups is 1. The SMILES string of the molecule is CC(=O)c1ccccc1O.c1ccc2nc(N=Nc3ccc4ccccc4n3)ccc2c1. The predicted molar refractivity (Wildman–Crippen MR) is 126 cm³/mol. The second-order valence-corrected chi connectivity index (χ2v) is 7.00. The van der Waals surface area contributed by atoms with Crippen molar-refractivity contribution in [3.63, 3.8) is 0 Å². The summed E-state index contributed by atoms with van der Waals surface area (Å²) in [5.74, 6) is 1.09. The molecule has 0 saturated carbocycles. The van der Waals surface area contributed by atoms with Gasteiger partial charge in [-0.2, -0.15) is 0 Å². The van der Waals surface area contributed by atoms with Gasteiger partial charge in [-0.15, -0.1) is 10.2 Å². The molecule has 0 spiro atoms. The number of Topliss-reactive ketones (excluding diaryl/α,β-unsaturated/α-hetero) is 1. The number of para-hydroxylation sites is 3. The van der Waals surface area contributed by atoms with Crippen molar-refractivity contribution in [2.45, 2.75) is 6.92 Å². The minimum absolute atomic E-state index is 0.0509. The van der Waals surface area contributed by atoms with E-state index in [-0.39, 0.29) is 11.5 Å². The fraction of sp³-hybridized carbons (Fsp3) is 0.0385. The van der Waals surface area contributed by atoms with Crippen molar-refractivity contribution in [3.05, 3.63) is 103 Å². The third-order valence-corrected chi connectivity index (χ3v) is 4.71. The van der Waals surface area contributed by atoms with Gasteiger partial charge in [0.2, 0.25) is 0 Å². The minimum atomic E-state index is -0.113. The number of nitrogens with zero attached hydrogens (tertiary/aromatic N) is 4. The van der Waals surface area contributed by atoms with E-state index < -0.39 is 0 Å². The topological polar surface area (TPSA) is 87.8 Å². The fourth-order valence-electron chi connectivity index (χ4n) is 3.10. The first-order chi connectivity index (χ1) is 15.6. The van der Waals surface area contributed by atoms with Crippen LogP contribution in [-0.4, -0.2) is 20.9 Å². The molecule has 0 bridgehead atoms. The standard InChI is InChI=1S/C18H12N4.C8H8O2/c1-3-7-15-13(5-1)9-11-17(19-15)21-22-18-12-10-14-6-2-4-8-16(14)20-18;1-6(9)7-4-2-3-5-8(7)10/h1-12H;2-5,10H,1H3. The lowest BCUT2D eigenvalue weighted by molar-refractivity contribution is 0.101. The number of aromatic hydroxyl groups is 1. The molecule has 0 aliphatic carbocycles. The zero-order chi connectivity index (χ0) is 22.3. The van der Waals surface area contributed by atoms with E-state index in [4.69, 9.17) is 5.11 Å². The lowest BCUT2D eigenvalue weighted by atomic mass is 10.1. The molecule has 6 heteroatoms. The van der Waals surface area contributed by atoms with Gasteiger partial charge in [0, 0.05) is 10.8 Å². The van der Waals surface area contributed by atoms with Crippen LogP contribution < -0.4 is 0 Å². The molecule has 156 valence electrons. The average Bonchev–Trinajstić information content (AvgIpc) is 2.83. The third kappa shape index (κ3) is 4.99. The van der Waals surface area contributed by atoms with E-state index in [1.54, 1.807) is 18.2 Å². The van der Waals surface area contributed by atoms with Crippen LogP contribution in [0.4, 0.5) is 11.6 Å². The van der Waals surface area contributed by atoms with Crippen LogP contribution in [0.15, 0.2) is 107 Å². The molecular weight excluding hydrogens is 400 g/mol. The summed E-state index contributed by atoms with van der Waals surface area (Å²) in [6.45, 7) is 1.43. The maximum absolute atomic E-state index is 10.7. The van der Waals surface area contributed by atoms with Crippen LogP contribution >= 0.6 is 0 Å². The molecule has 32 heavy (non-hydrogen) atoms. The van der Waals surface area contributed by atoms with E-state index >= 15 is 0 Å². The van der Waals surface area contributed by atoms with Gasteiger partial charge in [-0.05, 0) is 55.5 Å². The first kappa shape index (κ1) is 20.8. The average molecular weight is 420 g/mol. The highest BCUT2D eigenvalue weighted by molar-refractivity contribution is 5.96. The molecular formula is C26H20N4O2. The van der Waals surface area contributed by atoms with Crippen LogP contribution in [0.5, 0.6) is 5.75 Å². The first-order valence-electron chi connectivity index (χ1n) is 10.0. The minimum Gasteiger partial charge on any atom is -0.507 e. The van der Waals surface area contributed by atoms with Gasteiger partial charge in [-0.25, -0.2) is 9.97 Å². The second-order valence-electron chi connectivity index (χ2n) is 7.00. The van der Waals surface area contributed by atoms with E-state index in [1.165, 1.54) is 13.0 Å². The van der Waals surface area contributed by atoms with Gasteiger partial charge in [0.05, 0.1) is 16.6 Å². The summed E-state index contributed by atoms with van der Waals surface area (Å²) in [5.41, 5.74) is 2.19. The van der Waals surface area contributed by atoms with Crippen molar-refractivity contribution in [2.75, 3.05) is 0 Å². The molecule has 1 N–H and O–H groups in total. The quantitative estimate of drug-likeness (QED) is 0.257. The largest absolute Gasteiger partial charge is 0.507 e. The Labute approximate surface area is 184 Å². The number of ketones is 1. The molecule has 5 aromatic rings. The van der Waals surface area contributed by atoms with Crippen molar-refractivity contribution in [2.24, 2.45) is 10.2 Å². The Morgan fingerprint density at radius 1 is 0.656 bits per heavy atom. The smallest absolute Gasteiger partial charge is 0.175 e. The number of hydrogen-bond acceptors (Lipinski definition) is 6. The van der Waals surface area contributed by atoms with E-state index in [2.05, 4.69) is 20.2 Å². The number of hydrogen-bond donors (Lipinski definition) is 1. The number of aromatic nitrogens is 2. The van der Waals surface area contributed by atoms with E-state index in [1.807, 2.05) is 72.8 Å². The number of carbonyl (C=O) groups excluding carboxylic acids is 1. The van der Waals surface area contributed by atoms with Gasteiger partial charge in [-0.3, -0.25) is 4.79 Å². The number of fused-ring (bicyclic) bond motifs is 2. The van der Waals surface area contributed by atoms with Crippen molar-refractivity contribution in [1.29, 1.82) is 0 Å². The maximum Gasteiger partial charge on any atom is 0.175 e. The Morgan fingerprint density at radius 2 is 1.12 bits per heavy atom. The Morgan fingerprint density at radius 3 is 1.59 bits per heavy atom. The summed E-state index contributed by atoms with van der Waals surface area (Å²) in [6, 6.07) is 30.0. The zero-order valence-corrected chi connectivity index (χ0v) is 17.4. The second kappa shape index (κ2) is 9.57. The summed E-state index contributed by atoms with van der Waals surface area (Å²) < 4.78 is 0. The number of azo groups is 1. The van der Waals surface area contributed by atoms with Gasteiger partial charge < -0.3 is 5.11 Å². The van der Waals surface area contributed by atoms with Crippen molar-refractivity contribution >= 4 is 39.2 Å². The molecule has 0 atom stereocenters. The highest BCUT2D eigenvalue weighted by Gasteiger charge is 2.02. The highest BCUT2D eigenvalue weighted by Crippen LogP contribution is 2.21. The van der Waals surface area contributed by atoms with E-state index in [0.29, 0.717) is 17.2 Å². The van der Waals surface area contributed by atoms with Crippen LogP contribution in [0.1, 0.15) is 17.3 Å². The molecule has 3 aromatic carbocycles. The van der Waals surface area contributed by atoms with E-state index in [9.17, 15) is 4.79 Å². The van der Waals surface area contributed by atoms with Crippen LogP contribution in [-0.2, 0) is 0 Å². The molecule has 0 aliphatic heterocycles. The Hall–Kier alpha value is -4.45. The third-order valence-electron chi connectivity index (χ3n) is 4.71. The number of pyridine rings is 2. The lowest BCUT2D eigenvalue weighted by Crippen LogP contribution is -1.90. The molecule has 0 amide bonds. The molecule has 6 nitrogen and oxygen atoms in total. The summed E-state index contributed by atoms with van der Waals surface area (Å²) in [7, 11) is 0. The number of phenolic OH excluding ortho intramolecular Hbond substituents is 1. The molecule has 2 aromatic heterocycles. The molecule has 0 unspecified atom stereocenters. The van der Waals surface area contributed by atoms with Gasteiger partial charge in [0.1, 0.15) is 5.75 Å². The number of rotatable bonds is 3. The predicted octanol–water partition coefficient (Wildman–Crippen LogP) is 6.79. The normalized spacial score (nSPS) is 10.8. The lowest BCUT2D eigenvalue weighted by Gasteiger charge is -1.98. The van der Waals surface area contributed by atoms with Crippen LogP contribution in [0.2, 0.25) is 0 Å². The Kier molecular flexibility index (Phi) is 6.22. The zero-order valence-electron chi connectivity index (χ0n) is 17.4. The fourth-order valence-corrected chi connectivity index (χ4v) is 3.10. The number of benzene rings is 3. The Bertz CT molecular complexity index is 1350. The van der Waals surface area contributed by atoms with Crippen molar-refractivity contribution in [3.8, 4) is 5.75 Å². The van der Waals surface area contributed by atoms with Gasteiger partial charge >= 0.3 is 0 Å². The maximum atomic E-state index is 10.7. The summed E-state index contributed by atoms with van der Waals surface area (Å²) in [4.78, 5) is 19.6. The van der Waals surface area contributed by atoms with Crippen molar-refractivity contribution in [1.82, 2.24) is 9.97 Å². The summed E-state index contributed by atoms with van der Waals surface area (Å²) in [5, 5.41) is 19.6. The van der Waals surface area contributed by atoms with Gasteiger partial charge in [-0.1, -0.05) is 48.5 Å². The first-order valence-corrected chi connectivity index (χ1v) is 10.0. The molecule has 0 radical (unpaired) electrons. The van der Waals surface area contributed by atoms with Crippen molar-refractivity contribution < 1.29 is 9.90 Å². The highest BCUT2D eigenvalue weighted by atomic mass is 16.3.